The molecule has 0 aliphatic carbocycles. The molecule has 0 aromatic heterocycles. The molecule has 0 fully saturated rings. The molecule has 1 atom stereocenters. The van der Waals surface area contributed by atoms with Crippen molar-refractivity contribution in [1.29, 1.82) is 0 Å². The first-order valence-electron chi connectivity index (χ1n) is 11.6. The molecule has 184 valence electrons. The van der Waals surface area contributed by atoms with E-state index < -0.39 is 6.04 Å². The molecular weight excluding hydrogens is 480 g/mol. The van der Waals surface area contributed by atoms with Gasteiger partial charge in [0.05, 0.1) is 7.11 Å². The predicted octanol–water partition coefficient (Wildman–Crippen LogP) is 5.61. The van der Waals surface area contributed by atoms with Crippen molar-refractivity contribution in [2.45, 2.75) is 37.2 Å². The van der Waals surface area contributed by atoms with Gasteiger partial charge in [-0.3, -0.25) is 9.59 Å². The van der Waals surface area contributed by atoms with Gasteiger partial charge >= 0.3 is 0 Å². The molecule has 2 amide bonds. The highest BCUT2D eigenvalue weighted by molar-refractivity contribution is 7.99. The van der Waals surface area contributed by atoms with E-state index in [0.717, 1.165) is 16.0 Å². The average molecular weight is 511 g/mol. The third-order valence-electron chi connectivity index (χ3n) is 5.51. The van der Waals surface area contributed by atoms with Crippen molar-refractivity contribution in [1.82, 2.24) is 10.2 Å². The van der Waals surface area contributed by atoms with E-state index in [0.29, 0.717) is 42.5 Å². The van der Waals surface area contributed by atoms with Crippen LogP contribution in [0, 0.1) is 0 Å². The lowest BCUT2D eigenvalue weighted by atomic mass is 10.0. The van der Waals surface area contributed by atoms with Gasteiger partial charge in [0, 0.05) is 41.6 Å². The van der Waals surface area contributed by atoms with E-state index in [1.165, 1.54) is 0 Å². The maximum atomic E-state index is 13.6. The van der Waals surface area contributed by atoms with Gasteiger partial charge in [-0.25, -0.2) is 0 Å². The summed E-state index contributed by atoms with van der Waals surface area (Å²) in [5.74, 6) is 1.09. The van der Waals surface area contributed by atoms with Crippen LogP contribution >= 0.6 is 23.4 Å². The molecule has 0 heterocycles. The quantitative estimate of drug-likeness (QED) is 0.322. The molecule has 0 bridgehead atoms. The molecule has 0 aliphatic heterocycles. The van der Waals surface area contributed by atoms with E-state index in [2.05, 4.69) is 5.32 Å². The standard InChI is InChI=1S/C28H31ClN2O3S/c1-3-30-28(33)26(19-21-8-5-4-6-9-21)31(20-22-10-7-11-24(18-22)34-2)27(32)16-17-35-25-14-12-23(29)13-15-25/h4-15,18,26H,3,16-17,19-20H2,1-2H3,(H,30,33)/t26-/m0/s1. The number of thioether (sulfide) groups is 1. The number of benzene rings is 3. The number of hydrogen-bond acceptors (Lipinski definition) is 4. The first kappa shape index (κ1) is 26.6. The Balaban J connectivity index is 1.83. The Hall–Kier alpha value is -2.96. The summed E-state index contributed by atoms with van der Waals surface area (Å²) in [5, 5.41) is 3.60. The highest BCUT2D eigenvalue weighted by Gasteiger charge is 2.30. The summed E-state index contributed by atoms with van der Waals surface area (Å²) in [6.45, 7) is 2.70. The van der Waals surface area contributed by atoms with Gasteiger partial charge in [0.2, 0.25) is 11.8 Å². The number of ether oxygens (including phenoxy) is 1. The minimum atomic E-state index is -0.628. The number of amides is 2. The topological polar surface area (TPSA) is 58.6 Å². The van der Waals surface area contributed by atoms with Crippen LogP contribution in [0.5, 0.6) is 5.75 Å². The molecule has 3 aromatic rings. The van der Waals surface area contributed by atoms with Crippen molar-refractivity contribution in [3.05, 3.63) is 95.0 Å². The zero-order valence-corrected chi connectivity index (χ0v) is 21.6. The number of carbonyl (C=O) groups excluding carboxylic acids is 2. The van der Waals surface area contributed by atoms with Gasteiger partial charge in [-0.2, -0.15) is 0 Å². The number of carbonyl (C=O) groups is 2. The van der Waals surface area contributed by atoms with Crippen LogP contribution in [0.2, 0.25) is 5.02 Å². The Morgan fingerprint density at radius 1 is 1.00 bits per heavy atom. The molecule has 5 nitrogen and oxygen atoms in total. The fourth-order valence-electron chi connectivity index (χ4n) is 3.74. The maximum Gasteiger partial charge on any atom is 0.243 e. The van der Waals surface area contributed by atoms with Crippen LogP contribution in [0.4, 0.5) is 0 Å². The maximum absolute atomic E-state index is 13.6. The van der Waals surface area contributed by atoms with E-state index >= 15 is 0 Å². The van der Waals surface area contributed by atoms with E-state index in [-0.39, 0.29) is 11.8 Å². The summed E-state index contributed by atoms with van der Waals surface area (Å²) in [6.07, 6.45) is 0.745. The number of rotatable bonds is 12. The second-order valence-electron chi connectivity index (χ2n) is 8.03. The lowest BCUT2D eigenvalue weighted by molar-refractivity contribution is -0.140. The summed E-state index contributed by atoms with van der Waals surface area (Å²) < 4.78 is 5.37. The van der Waals surface area contributed by atoms with Gasteiger partial charge in [-0.1, -0.05) is 54.1 Å². The Morgan fingerprint density at radius 3 is 2.40 bits per heavy atom. The van der Waals surface area contributed by atoms with Crippen LogP contribution in [0.15, 0.2) is 83.8 Å². The molecule has 0 spiro atoms. The first-order chi connectivity index (χ1) is 17.0. The zero-order chi connectivity index (χ0) is 25.0. The van der Waals surface area contributed by atoms with Crippen LogP contribution < -0.4 is 10.1 Å². The molecule has 0 radical (unpaired) electrons. The SMILES string of the molecule is CCNC(=O)[C@H](Cc1ccccc1)N(Cc1cccc(OC)c1)C(=O)CCSc1ccc(Cl)cc1. The fraction of sp³-hybridized carbons (Fsp3) is 0.286. The van der Waals surface area contributed by atoms with Crippen LogP contribution in [-0.4, -0.2) is 42.2 Å². The lowest BCUT2D eigenvalue weighted by Gasteiger charge is -2.31. The van der Waals surface area contributed by atoms with Crippen molar-refractivity contribution in [3.63, 3.8) is 0 Å². The van der Waals surface area contributed by atoms with E-state index in [9.17, 15) is 9.59 Å². The molecule has 3 aromatic carbocycles. The predicted molar refractivity (Wildman–Crippen MR) is 143 cm³/mol. The van der Waals surface area contributed by atoms with Gasteiger partial charge in [-0.15, -0.1) is 11.8 Å². The Morgan fingerprint density at radius 2 is 1.71 bits per heavy atom. The molecule has 0 saturated heterocycles. The van der Waals surface area contributed by atoms with Crippen molar-refractivity contribution in [2.24, 2.45) is 0 Å². The van der Waals surface area contributed by atoms with Gasteiger partial charge in [0.15, 0.2) is 0 Å². The number of methoxy groups -OCH3 is 1. The second-order valence-corrected chi connectivity index (χ2v) is 9.63. The smallest absolute Gasteiger partial charge is 0.243 e. The summed E-state index contributed by atoms with van der Waals surface area (Å²) in [6, 6.07) is 24.3. The summed E-state index contributed by atoms with van der Waals surface area (Å²) in [5.41, 5.74) is 1.91. The number of nitrogens with zero attached hydrogens (tertiary/aromatic N) is 1. The van der Waals surface area contributed by atoms with E-state index in [4.69, 9.17) is 16.3 Å². The molecule has 1 N–H and O–H groups in total. The van der Waals surface area contributed by atoms with E-state index in [1.54, 1.807) is 23.8 Å². The van der Waals surface area contributed by atoms with Gasteiger partial charge in [0.1, 0.15) is 11.8 Å². The Labute approximate surface area is 216 Å². The van der Waals surface area contributed by atoms with E-state index in [1.807, 2.05) is 85.8 Å². The number of halogens is 1. The van der Waals surface area contributed by atoms with Crippen molar-refractivity contribution in [3.8, 4) is 5.75 Å². The highest BCUT2D eigenvalue weighted by atomic mass is 35.5. The molecule has 0 unspecified atom stereocenters. The normalized spacial score (nSPS) is 11.5. The number of likely N-dealkylation sites (N-methyl/N-ethyl adjacent to an activating group) is 1. The Kier molecular flexibility index (Phi) is 10.5. The largest absolute Gasteiger partial charge is 0.497 e. The summed E-state index contributed by atoms with van der Waals surface area (Å²) in [4.78, 5) is 29.5. The molecular formula is C28H31ClN2O3S. The number of hydrogen-bond donors (Lipinski definition) is 1. The lowest BCUT2D eigenvalue weighted by Crippen LogP contribution is -2.50. The monoisotopic (exact) mass is 510 g/mol. The minimum absolute atomic E-state index is 0.0681. The third-order valence-corrected chi connectivity index (χ3v) is 6.77. The molecule has 0 saturated carbocycles. The van der Waals surface area contributed by atoms with Gasteiger partial charge in [0.25, 0.3) is 0 Å². The average Bonchev–Trinajstić information content (AvgIpc) is 2.88. The molecule has 7 heteroatoms. The molecule has 0 aliphatic rings. The van der Waals surface area contributed by atoms with Crippen molar-refractivity contribution < 1.29 is 14.3 Å². The highest BCUT2D eigenvalue weighted by Crippen LogP contribution is 2.23. The van der Waals surface area contributed by atoms with Crippen LogP contribution in [0.1, 0.15) is 24.5 Å². The van der Waals surface area contributed by atoms with Crippen LogP contribution in [0.3, 0.4) is 0 Å². The van der Waals surface area contributed by atoms with Crippen LogP contribution in [0.25, 0.3) is 0 Å². The second kappa shape index (κ2) is 13.8. The number of nitrogens with one attached hydrogen (secondary N) is 1. The summed E-state index contributed by atoms with van der Waals surface area (Å²) >= 11 is 7.57. The first-order valence-corrected chi connectivity index (χ1v) is 13.0. The van der Waals surface area contributed by atoms with Gasteiger partial charge in [-0.05, 0) is 54.4 Å². The summed E-state index contributed by atoms with van der Waals surface area (Å²) in [7, 11) is 1.61. The van der Waals surface area contributed by atoms with Crippen molar-refractivity contribution in [2.75, 3.05) is 19.4 Å². The Bertz CT molecular complexity index is 1090. The molecule has 35 heavy (non-hydrogen) atoms. The van der Waals surface area contributed by atoms with Crippen molar-refractivity contribution >= 4 is 35.2 Å². The van der Waals surface area contributed by atoms with Crippen LogP contribution in [-0.2, 0) is 22.6 Å². The fourth-order valence-corrected chi connectivity index (χ4v) is 4.71. The third kappa shape index (κ3) is 8.34. The zero-order valence-electron chi connectivity index (χ0n) is 20.1. The molecule has 3 rings (SSSR count). The van der Waals surface area contributed by atoms with Gasteiger partial charge < -0.3 is 15.0 Å². The minimum Gasteiger partial charge on any atom is -0.497 e.